The number of nitrogens with zero attached hydrogens (tertiary/aromatic N) is 2. The summed E-state index contributed by atoms with van der Waals surface area (Å²) in [6, 6.07) is 6.27. The van der Waals surface area contributed by atoms with Gasteiger partial charge in [0.1, 0.15) is 0 Å². The normalized spacial score (nSPS) is 16.8. The molecule has 21 heavy (non-hydrogen) atoms. The van der Waals surface area contributed by atoms with Crippen LogP contribution in [-0.4, -0.2) is 36.2 Å². The fraction of sp³-hybridized carbons (Fsp3) is 0.529. The van der Waals surface area contributed by atoms with Crippen molar-refractivity contribution in [1.29, 1.82) is 0 Å². The maximum Gasteiger partial charge on any atom is 0.254 e. The highest BCUT2D eigenvalue weighted by atomic mass is 16.2. The lowest BCUT2D eigenvalue weighted by atomic mass is 10.0. The van der Waals surface area contributed by atoms with Gasteiger partial charge in [-0.2, -0.15) is 5.10 Å². The fourth-order valence-electron chi connectivity index (χ4n) is 2.69. The summed E-state index contributed by atoms with van der Waals surface area (Å²) >= 11 is 0. The molecule has 1 fully saturated rings. The SMILES string of the molecule is C/C(=N/NC(=O)CN1CCCCC1)c1cc(C)ccc1C. The molecule has 0 radical (unpaired) electrons. The summed E-state index contributed by atoms with van der Waals surface area (Å²) in [5.74, 6) is -0.0263. The second-order valence-electron chi connectivity index (χ2n) is 5.89. The lowest BCUT2D eigenvalue weighted by Gasteiger charge is -2.25. The molecule has 4 nitrogen and oxygen atoms in total. The van der Waals surface area contributed by atoms with Gasteiger partial charge in [0.05, 0.1) is 12.3 Å². The van der Waals surface area contributed by atoms with Crippen molar-refractivity contribution in [2.24, 2.45) is 5.10 Å². The third-order valence-electron chi connectivity index (χ3n) is 3.95. The molecule has 0 unspecified atom stereocenters. The molecule has 4 heteroatoms. The number of amides is 1. The Hall–Kier alpha value is -1.68. The molecule has 114 valence electrons. The van der Waals surface area contributed by atoms with Crippen LogP contribution in [0.5, 0.6) is 0 Å². The van der Waals surface area contributed by atoms with E-state index in [9.17, 15) is 4.79 Å². The van der Waals surface area contributed by atoms with E-state index in [0.717, 1.165) is 24.4 Å². The molecule has 0 atom stereocenters. The van der Waals surface area contributed by atoms with Crippen LogP contribution < -0.4 is 5.43 Å². The van der Waals surface area contributed by atoms with Crippen LogP contribution in [0.15, 0.2) is 23.3 Å². The quantitative estimate of drug-likeness (QED) is 0.683. The predicted octanol–water partition coefficient (Wildman–Crippen LogP) is 2.63. The molecule has 0 spiro atoms. The lowest BCUT2D eigenvalue weighted by molar-refractivity contribution is -0.122. The molecule has 0 saturated carbocycles. The number of hydrogen-bond acceptors (Lipinski definition) is 3. The molecule has 1 aliphatic rings. The number of carbonyl (C=O) groups is 1. The Morgan fingerprint density at radius 2 is 1.95 bits per heavy atom. The van der Waals surface area contributed by atoms with E-state index in [4.69, 9.17) is 0 Å². The highest BCUT2D eigenvalue weighted by molar-refractivity contribution is 6.00. The Morgan fingerprint density at radius 3 is 2.67 bits per heavy atom. The highest BCUT2D eigenvalue weighted by Gasteiger charge is 2.13. The van der Waals surface area contributed by atoms with Crippen LogP contribution in [0.25, 0.3) is 0 Å². The monoisotopic (exact) mass is 287 g/mol. The highest BCUT2D eigenvalue weighted by Crippen LogP contribution is 2.11. The molecule has 1 heterocycles. The molecule has 1 N–H and O–H groups in total. The Morgan fingerprint density at radius 1 is 1.24 bits per heavy atom. The van der Waals surface area contributed by atoms with Crippen molar-refractivity contribution in [3.8, 4) is 0 Å². The van der Waals surface area contributed by atoms with E-state index in [1.807, 2.05) is 6.92 Å². The minimum absolute atomic E-state index is 0.0263. The zero-order valence-electron chi connectivity index (χ0n) is 13.3. The first-order valence-electron chi connectivity index (χ1n) is 7.69. The molecule has 0 bridgehead atoms. The van der Waals surface area contributed by atoms with Crippen molar-refractivity contribution in [2.75, 3.05) is 19.6 Å². The molecule has 0 aliphatic carbocycles. The van der Waals surface area contributed by atoms with Crippen molar-refractivity contribution in [3.63, 3.8) is 0 Å². The van der Waals surface area contributed by atoms with E-state index in [1.54, 1.807) is 0 Å². The van der Waals surface area contributed by atoms with Crippen molar-refractivity contribution < 1.29 is 4.79 Å². The van der Waals surface area contributed by atoms with Gasteiger partial charge in [-0.3, -0.25) is 9.69 Å². The molecule has 1 saturated heterocycles. The fourth-order valence-corrected chi connectivity index (χ4v) is 2.69. The second kappa shape index (κ2) is 7.36. The summed E-state index contributed by atoms with van der Waals surface area (Å²) in [5, 5.41) is 4.25. The van der Waals surface area contributed by atoms with Gasteiger partial charge in [-0.05, 0) is 58.3 Å². The zero-order chi connectivity index (χ0) is 15.2. The molecule has 1 aromatic rings. The number of benzene rings is 1. The molecule has 1 amide bonds. The summed E-state index contributed by atoms with van der Waals surface area (Å²) in [6.45, 7) is 8.54. The number of hydrazone groups is 1. The Labute approximate surface area is 127 Å². The van der Waals surface area contributed by atoms with Gasteiger partial charge in [0.2, 0.25) is 0 Å². The first kappa shape index (κ1) is 15.7. The van der Waals surface area contributed by atoms with Crippen LogP contribution in [0.1, 0.15) is 42.9 Å². The molecular formula is C17H25N3O. The Bertz CT molecular complexity index is 531. The van der Waals surface area contributed by atoms with Crippen LogP contribution in [0.4, 0.5) is 0 Å². The van der Waals surface area contributed by atoms with Gasteiger partial charge in [-0.1, -0.05) is 24.1 Å². The summed E-state index contributed by atoms with van der Waals surface area (Å²) in [4.78, 5) is 14.1. The minimum atomic E-state index is -0.0263. The third kappa shape index (κ3) is 4.67. The van der Waals surface area contributed by atoms with E-state index < -0.39 is 0 Å². The second-order valence-corrected chi connectivity index (χ2v) is 5.89. The summed E-state index contributed by atoms with van der Waals surface area (Å²) in [7, 11) is 0. The zero-order valence-corrected chi connectivity index (χ0v) is 13.3. The van der Waals surface area contributed by atoms with Crippen molar-refractivity contribution in [1.82, 2.24) is 10.3 Å². The summed E-state index contributed by atoms with van der Waals surface area (Å²) in [5.41, 5.74) is 7.00. The van der Waals surface area contributed by atoms with Crippen LogP contribution in [0, 0.1) is 13.8 Å². The summed E-state index contributed by atoms with van der Waals surface area (Å²) < 4.78 is 0. The van der Waals surface area contributed by atoms with E-state index in [0.29, 0.717) is 6.54 Å². The van der Waals surface area contributed by atoms with Gasteiger partial charge in [0.15, 0.2) is 0 Å². The number of carbonyl (C=O) groups excluding carboxylic acids is 1. The molecule has 1 aromatic carbocycles. The Balaban J connectivity index is 1.93. The standard InChI is InChI=1S/C17H25N3O/c1-13-7-8-14(2)16(11-13)15(3)18-19-17(21)12-20-9-5-4-6-10-20/h7-8,11H,4-6,9-10,12H2,1-3H3,(H,19,21)/b18-15-. The van der Waals surface area contributed by atoms with Gasteiger partial charge in [-0.15, -0.1) is 0 Å². The summed E-state index contributed by atoms with van der Waals surface area (Å²) in [6.07, 6.45) is 3.66. The smallest absolute Gasteiger partial charge is 0.254 e. The first-order chi connectivity index (χ1) is 10.1. The minimum Gasteiger partial charge on any atom is -0.294 e. The van der Waals surface area contributed by atoms with E-state index in [2.05, 4.69) is 47.5 Å². The van der Waals surface area contributed by atoms with Crippen molar-refractivity contribution in [2.45, 2.75) is 40.0 Å². The van der Waals surface area contributed by atoms with Crippen LogP contribution >= 0.6 is 0 Å². The van der Waals surface area contributed by atoms with E-state index in [-0.39, 0.29) is 5.91 Å². The molecule has 1 aliphatic heterocycles. The van der Waals surface area contributed by atoms with E-state index >= 15 is 0 Å². The Kier molecular flexibility index (Phi) is 5.51. The van der Waals surface area contributed by atoms with Gasteiger partial charge in [-0.25, -0.2) is 5.43 Å². The largest absolute Gasteiger partial charge is 0.294 e. The topological polar surface area (TPSA) is 44.7 Å². The number of piperidine rings is 1. The number of likely N-dealkylation sites (tertiary alicyclic amines) is 1. The van der Waals surface area contributed by atoms with Crippen LogP contribution in [0.2, 0.25) is 0 Å². The molecular weight excluding hydrogens is 262 g/mol. The molecule has 2 rings (SSSR count). The maximum atomic E-state index is 11.9. The van der Waals surface area contributed by atoms with Crippen LogP contribution in [0.3, 0.4) is 0 Å². The number of nitrogens with one attached hydrogen (secondary N) is 1. The van der Waals surface area contributed by atoms with Crippen LogP contribution in [-0.2, 0) is 4.79 Å². The number of hydrogen-bond donors (Lipinski definition) is 1. The van der Waals surface area contributed by atoms with Gasteiger partial charge in [0.25, 0.3) is 5.91 Å². The predicted molar refractivity (Wildman–Crippen MR) is 86.6 cm³/mol. The number of rotatable bonds is 4. The maximum absolute atomic E-state index is 11.9. The van der Waals surface area contributed by atoms with E-state index in [1.165, 1.54) is 30.4 Å². The third-order valence-corrected chi connectivity index (χ3v) is 3.95. The van der Waals surface area contributed by atoms with Gasteiger partial charge < -0.3 is 0 Å². The molecule has 0 aromatic heterocycles. The lowest BCUT2D eigenvalue weighted by Crippen LogP contribution is -2.38. The first-order valence-corrected chi connectivity index (χ1v) is 7.69. The van der Waals surface area contributed by atoms with Gasteiger partial charge in [0, 0.05) is 5.56 Å². The number of aryl methyl sites for hydroxylation is 2. The van der Waals surface area contributed by atoms with Gasteiger partial charge >= 0.3 is 0 Å². The van der Waals surface area contributed by atoms with Crippen molar-refractivity contribution in [3.05, 3.63) is 34.9 Å². The average Bonchev–Trinajstić information content (AvgIpc) is 2.48. The van der Waals surface area contributed by atoms with Crippen molar-refractivity contribution >= 4 is 11.6 Å². The average molecular weight is 287 g/mol.